The first-order valence-corrected chi connectivity index (χ1v) is 2.57. The Hall–Kier alpha value is -1.50. The number of esters is 1. The second-order valence-corrected chi connectivity index (χ2v) is 1.36. The number of terminal acetylenes is 1. The van der Waals surface area contributed by atoms with Crippen molar-refractivity contribution in [3.8, 4) is 12.3 Å². The number of ether oxygens (including phenoxy) is 1. The normalized spacial score (nSPS) is 7.50. The fourth-order valence-corrected chi connectivity index (χ4v) is 0.298. The minimum absolute atomic E-state index is 0.0562. The highest BCUT2D eigenvalue weighted by Gasteiger charge is 1.97. The molecule has 1 amide bonds. The van der Waals surface area contributed by atoms with Crippen LogP contribution in [0.1, 0.15) is 0 Å². The van der Waals surface area contributed by atoms with Gasteiger partial charge < -0.3 is 10.1 Å². The van der Waals surface area contributed by atoms with Gasteiger partial charge in [0, 0.05) is 0 Å². The summed E-state index contributed by atoms with van der Waals surface area (Å²) in [5.41, 5.74) is 0. The molecule has 0 saturated heterocycles. The minimum Gasteiger partial charge on any atom is -0.451 e. The van der Waals surface area contributed by atoms with Gasteiger partial charge in [-0.15, -0.1) is 6.42 Å². The molecule has 0 aliphatic heterocycles. The van der Waals surface area contributed by atoms with E-state index in [0.29, 0.717) is 6.41 Å². The van der Waals surface area contributed by atoms with E-state index in [9.17, 15) is 9.59 Å². The van der Waals surface area contributed by atoms with E-state index in [2.05, 4.69) is 16.0 Å². The summed E-state index contributed by atoms with van der Waals surface area (Å²) in [5.74, 6) is 1.58. The molecule has 54 valence electrons. The Bertz CT molecular complexity index is 159. The van der Waals surface area contributed by atoms with Crippen LogP contribution in [0.15, 0.2) is 0 Å². The Morgan fingerprint density at radius 3 is 3.00 bits per heavy atom. The number of amides is 1. The van der Waals surface area contributed by atoms with Crippen LogP contribution in [0.5, 0.6) is 0 Å². The predicted molar refractivity (Wildman–Crippen MR) is 33.9 cm³/mol. The molecule has 0 aliphatic rings. The van der Waals surface area contributed by atoms with Gasteiger partial charge in [-0.1, -0.05) is 5.92 Å². The van der Waals surface area contributed by atoms with Crippen LogP contribution in [0.2, 0.25) is 0 Å². The molecule has 0 fully saturated rings. The molecule has 0 spiro atoms. The van der Waals surface area contributed by atoms with Gasteiger partial charge in [0.1, 0.15) is 6.54 Å². The molecule has 0 bridgehead atoms. The van der Waals surface area contributed by atoms with Crippen LogP contribution in [-0.2, 0) is 14.3 Å². The standard InChI is InChI=1S/C6H7NO3/c1-2-3-10-6(9)4-7-5-8/h1,5H,3-4H2,(H,7,8). The van der Waals surface area contributed by atoms with Gasteiger partial charge in [-0.2, -0.15) is 0 Å². The van der Waals surface area contributed by atoms with E-state index < -0.39 is 5.97 Å². The lowest BCUT2D eigenvalue weighted by molar-refractivity contribution is -0.141. The van der Waals surface area contributed by atoms with Crippen LogP contribution in [0.25, 0.3) is 0 Å². The van der Waals surface area contributed by atoms with E-state index in [1.807, 2.05) is 0 Å². The van der Waals surface area contributed by atoms with Gasteiger partial charge >= 0.3 is 5.97 Å². The summed E-state index contributed by atoms with van der Waals surface area (Å²) in [7, 11) is 0. The molecule has 0 aromatic rings. The summed E-state index contributed by atoms with van der Waals surface area (Å²) in [4.78, 5) is 20.0. The van der Waals surface area contributed by atoms with Gasteiger partial charge in [0.25, 0.3) is 0 Å². The SMILES string of the molecule is C#CCOC(=O)CNC=O. The third-order valence-electron chi connectivity index (χ3n) is 0.646. The van der Waals surface area contributed by atoms with Crippen LogP contribution in [0.4, 0.5) is 0 Å². The van der Waals surface area contributed by atoms with Crippen LogP contribution in [0, 0.1) is 12.3 Å². The third-order valence-corrected chi connectivity index (χ3v) is 0.646. The third kappa shape index (κ3) is 4.65. The van der Waals surface area contributed by atoms with Crippen molar-refractivity contribution in [2.45, 2.75) is 0 Å². The van der Waals surface area contributed by atoms with E-state index in [4.69, 9.17) is 6.42 Å². The van der Waals surface area contributed by atoms with Gasteiger partial charge in [-0.3, -0.25) is 9.59 Å². The largest absolute Gasteiger partial charge is 0.451 e. The maximum atomic E-state index is 10.4. The first-order valence-electron chi connectivity index (χ1n) is 2.57. The van der Waals surface area contributed by atoms with Gasteiger partial charge in [-0.25, -0.2) is 0 Å². The maximum Gasteiger partial charge on any atom is 0.326 e. The summed E-state index contributed by atoms with van der Waals surface area (Å²) >= 11 is 0. The summed E-state index contributed by atoms with van der Waals surface area (Å²) in [6.45, 7) is -0.190. The molecule has 0 aliphatic carbocycles. The average Bonchev–Trinajstić information content (AvgIpc) is 1.97. The number of carbonyl (C=O) groups is 2. The van der Waals surface area contributed by atoms with Crippen LogP contribution in [0.3, 0.4) is 0 Å². The van der Waals surface area contributed by atoms with Crippen LogP contribution >= 0.6 is 0 Å². The van der Waals surface area contributed by atoms with Crippen molar-refractivity contribution < 1.29 is 14.3 Å². The van der Waals surface area contributed by atoms with E-state index in [0.717, 1.165) is 0 Å². The van der Waals surface area contributed by atoms with Gasteiger partial charge in [0.2, 0.25) is 6.41 Å². The monoisotopic (exact) mass is 141 g/mol. The second kappa shape index (κ2) is 5.63. The minimum atomic E-state index is -0.537. The number of hydrogen-bond donors (Lipinski definition) is 1. The topological polar surface area (TPSA) is 55.4 Å². The van der Waals surface area contributed by atoms with Crippen LogP contribution in [-0.4, -0.2) is 25.5 Å². The number of nitrogens with one attached hydrogen (secondary N) is 1. The zero-order valence-electron chi connectivity index (χ0n) is 5.29. The van der Waals surface area contributed by atoms with Crippen molar-refractivity contribution in [3.63, 3.8) is 0 Å². The van der Waals surface area contributed by atoms with Crippen molar-refractivity contribution in [3.05, 3.63) is 0 Å². The van der Waals surface area contributed by atoms with E-state index >= 15 is 0 Å². The molecule has 4 heteroatoms. The molecule has 0 rings (SSSR count). The lowest BCUT2D eigenvalue weighted by Gasteiger charge is -1.97. The lowest BCUT2D eigenvalue weighted by Crippen LogP contribution is -2.23. The zero-order valence-corrected chi connectivity index (χ0v) is 5.29. The quantitative estimate of drug-likeness (QED) is 0.307. The summed E-state index contributed by atoms with van der Waals surface area (Å²) < 4.78 is 4.40. The van der Waals surface area contributed by atoms with E-state index in [1.54, 1.807) is 0 Å². The molecule has 0 unspecified atom stereocenters. The molecule has 0 radical (unpaired) electrons. The van der Waals surface area contributed by atoms with Crippen LogP contribution < -0.4 is 5.32 Å². The predicted octanol–water partition coefficient (Wildman–Crippen LogP) is -1.09. The molecule has 10 heavy (non-hydrogen) atoms. The van der Waals surface area contributed by atoms with E-state index in [-0.39, 0.29) is 13.2 Å². The lowest BCUT2D eigenvalue weighted by atomic mass is 10.6. The molecule has 0 atom stereocenters. The average molecular weight is 141 g/mol. The second-order valence-electron chi connectivity index (χ2n) is 1.36. The highest BCUT2D eigenvalue weighted by molar-refractivity contribution is 5.74. The Kier molecular flexibility index (Phi) is 4.79. The zero-order chi connectivity index (χ0) is 7.82. The Morgan fingerprint density at radius 2 is 2.50 bits per heavy atom. The molecule has 0 aromatic carbocycles. The fraction of sp³-hybridized carbons (Fsp3) is 0.333. The van der Waals surface area contributed by atoms with Crippen molar-refractivity contribution in [2.75, 3.05) is 13.2 Å². The van der Waals surface area contributed by atoms with E-state index in [1.165, 1.54) is 0 Å². The summed E-state index contributed by atoms with van der Waals surface area (Å²) in [5, 5.41) is 2.13. The van der Waals surface area contributed by atoms with Crippen molar-refractivity contribution >= 4 is 12.4 Å². The Morgan fingerprint density at radius 1 is 1.80 bits per heavy atom. The first-order chi connectivity index (χ1) is 4.81. The molecule has 1 N–H and O–H groups in total. The first kappa shape index (κ1) is 8.50. The van der Waals surface area contributed by atoms with Crippen molar-refractivity contribution in [1.29, 1.82) is 0 Å². The Labute approximate surface area is 58.5 Å². The summed E-state index contributed by atoms with van der Waals surface area (Å²) in [6, 6.07) is 0. The van der Waals surface area contributed by atoms with Gasteiger partial charge in [0.15, 0.2) is 6.61 Å². The molecular formula is C6H7NO3. The smallest absolute Gasteiger partial charge is 0.326 e. The number of hydrogen-bond acceptors (Lipinski definition) is 3. The number of rotatable bonds is 4. The molecular weight excluding hydrogens is 134 g/mol. The maximum absolute atomic E-state index is 10.4. The highest BCUT2D eigenvalue weighted by atomic mass is 16.5. The summed E-state index contributed by atoms with van der Waals surface area (Å²) in [6.07, 6.45) is 5.20. The van der Waals surface area contributed by atoms with Gasteiger partial charge in [0.05, 0.1) is 0 Å². The fourth-order valence-electron chi connectivity index (χ4n) is 0.298. The van der Waals surface area contributed by atoms with Crippen molar-refractivity contribution in [1.82, 2.24) is 5.32 Å². The van der Waals surface area contributed by atoms with Gasteiger partial charge in [-0.05, 0) is 0 Å². The molecule has 0 heterocycles. The molecule has 0 aromatic heterocycles. The highest BCUT2D eigenvalue weighted by Crippen LogP contribution is 1.72. The molecule has 0 saturated carbocycles. The molecule has 4 nitrogen and oxygen atoms in total. The van der Waals surface area contributed by atoms with Crippen molar-refractivity contribution in [2.24, 2.45) is 0 Å². The Balaban J connectivity index is 3.27. The number of carbonyl (C=O) groups excluding carboxylic acids is 2.